The lowest BCUT2D eigenvalue weighted by atomic mass is 9.94. The summed E-state index contributed by atoms with van der Waals surface area (Å²) in [6, 6.07) is 15.4. The largest absolute Gasteiger partial charge is 0.507 e. The van der Waals surface area contributed by atoms with Crippen LogP contribution in [0.1, 0.15) is 35.2 Å². The van der Waals surface area contributed by atoms with Gasteiger partial charge in [-0.3, -0.25) is 24.6 Å². The third-order valence-electron chi connectivity index (χ3n) is 6.75. The van der Waals surface area contributed by atoms with Gasteiger partial charge in [-0.05, 0) is 60.9 Å². The highest BCUT2D eigenvalue weighted by Gasteiger charge is 2.48. The fraction of sp³-hybridized carbons (Fsp3) is 0.179. The summed E-state index contributed by atoms with van der Waals surface area (Å²) >= 11 is 1.24. The molecule has 10 heteroatoms. The lowest BCUT2D eigenvalue weighted by molar-refractivity contribution is -0.384. The first-order chi connectivity index (χ1) is 18.2. The maximum Gasteiger partial charge on any atom is 0.301 e. The van der Waals surface area contributed by atoms with E-state index in [1.165, 1.54) is 34.4 Å². The van der Waals surface area contributed by atoms with Crippen molar-refractivity contribution >= 4 is 49.8 Å². The molecule has 3 aromatic carbocycles. The van der Waals surface area contributed by atoms with Crippen LogP contribution in [0.25, 0.3) is 16.0 Å². The number of thiazole rings is 1. The average Bonchev–Trinajstić information content (AvgIpc) is 3.55. The Morgan fingerprint density at radius 1 is 1.16 bits per heavy atom. The first-order valence-corrected chi connectivity index (χ1v) is 12.8. The van der Waals surface area contributed by atoms with Gasteiger partial charge in [-0.2, -0.15) is 0 Å². The van der Waals surface area contributed by atoms with E-state index in [9.17, 15) is 24.8 Å². The van der Waals surface area contributed by atoms with Crippen molar-refractivity contribution in [1.82, 2.24) is 4.98 Å². The molecule has 4 aromatic rings. The molecule has 6 rings (SSSR count). The maximum absolute atomic E-state index is 13.5. The number of nitrogens with zero attached hydrogens (tertiary/aromatic N) is 3. The molecule has 0 bridgehead atoms. The summed E-state index contributed by atoms with van der Waals surface area (Å²) in [4.78, 5) is 43.8. The van der Waals surface area contributed by atoms with E-state index < -0.39 is 22.7 Å². The number of carbonyl (C=O) groups excluding carboxylic acids is 2. The second kappa shape index (κ2) is 8.77. The van der Waals surface area contributed by atoms with Gasteiger partial charge in [-0.1, -0.05) is 29.5 Å². The summed E-state index contributed by atoms with van der Waals surface area (Å²) in [6.07, 6.45) is 0.630. The van der Waals surface area contributed by atoms with E-state index in [0.29, 0.717) is 28.8 Å². The number of aliphatic hydroxyl groups is 1. The van der Waals surface area contributed by atoms with Crippen LogP contribution >= 0.6 is 11.3 Å². The number of nitro groups is 1. The predicted octanol–water partition coefficient (Wildman–Crippen LogP) is 5.46. The summed E-state index contributed by atoms with van der Waals surface area (Å²) in [5.41, 5.74) is 2.87. The smallest absolute Gasteiger partial charge is 0.301 e. The van der Waals surface area contributed by atoms with Gasteiger partial charge in [0.25, 0.3) is 11.5 Å². The van der Waals surface area contributed by atoms with Crippen molar-refractivity contribution in [3.8, 4) is 5.75 Å². The number of Topliss-reactive ketones (excluding diaryl/α,β-unsaturated/α-hetero) is 1. The third kappa shape index (κ3) is 3.81. The zero-order valence-corrected chi connectivity index (χ0v) is 21.2. The number of ether oxygens (including phenoxy) is 1. The molecule has 0 unspecified atom stereocenters. The monoisotopic (exact) mass is 527 g/mol. The van der Waals surface area contributed by atoms with Gasteiger partial charge in [0.1, 0.15) is 17.6 Å². The van der Waals surface area contributed by atoms with Crippen LogP contribution in [0, 0.1) is 17.0 Å². The fourth-order valence-corrected chi connectivity index (χ4v) is 6.09. The van der Waals surface area contributed by atoms with E-state index in [4.69, 9.17) is 4.74 Å². The van der Waals surface area contributed by atoms with Crippen molar-refractivity contribution in [2.24, 2.45) is 0 Å². The summed E-state index contributed by atoms with van der Waals surface area (Å²) in [5, 5.41) is 23.3. The molecule has 190 valence electrons. The highest BCUT2D eigenvalue weighted by Crippen LogP contribution is 2.45. The molecular formula is C28H21N3O6S. The van der Waals surface area contributed by atoms with E-state index in [-0.39, 0.29) is 28.3 Å². The standard InChI is InChI=1S/C28H21N3O6S/c1-14-6-8-20-22(10-14)38-28(29-20)30-24(16-4-3-5-19(13-16)31(35)36)23(26(33)27(30)34)25(32)17-7-9-21-18(12-17)11-15(2)37-21/h3-10,12-13,15,24,32H,11H2,1-2H3/b25-23+/t15-,24-/m0/s1. The summed E-state index contributed by atoms with van der Waals surface area (Å²) in [6.45, 7) is 3.88. The van der Waals surface area contributed by atoms with Crippen molar-refractivity contribution in [1.29, 1.82) is 0 Å². The number of aromatic nitrogens is 1. The Labute approximate surface area is 220 Å². The Bertz CT molecular complexity index is 1710. The number of aliphatic hydroxyl groups excluding tert-OH is 1. The topological polar surface area (TPSA) is 123 Å². The molecule has 1 aromatic heterocycles. The first-order valence-electron chi connectivity index (χ1n) is 11.9. The van der Waals surface area contributed by atoms with Gasteiger partial charge in [0.15, 0.2) is 5.13 Å². The molecule has 3 heterocycles. The number of nitro benzene ring substituents is 1. The first kappa shape index (κ1) is 23.8. The SMILES string of the molecule is Cc1ccc2nc(N3C(=O)C(=O)/C(=C(/O)c4ccc5c(c4)C[C@H](C)O5)[C@@H]3c3cccc([N+](=O)[O-])c3)sc2c1. The Morgan fingerprint density at radius 3 is 2.76 bits per heavy atom. The van der Waals surface area contributed by atoms with E-state index >= 15 is 0 Å². The van der Waals surface area contributed by atoms with Gasteiger partial charge in [0.2, 0.25) is 0 Å². The number of ketones is 1. The van der Waals surface area contributed by atoms with Crippen LogP contribution in [0.15, 0.2) is 66.2 Å². The molecule has 2 atom stereocenters. The molecule has 2 aliphatic rings. The Morgan fingerprint density at radius 2 is 1.97 bits per heavy atom. The molecule has 0 radical (unpaired) electrons. The van der Waals surface area contributed by atoms with Gasteiger partial charge in [-0.15, -0.1) is 0 Å². The average molecular weight is 528 g/mol. The van der Waals surface area contributed by atoms with Crippen molar-refractivity contribution in [3.63, 3.8) is 0 Å². The summed E-state index contributed by atoms with van der Waals surface area (Å²) in [5.74, 6) is -1.41. The number of aryl methyl sites for hydroxylation is 1. The molecule has 2 aliphatic heterocycles. The molecule has 1 saturated heterocycles. The molecule has 38 heavy (non-hydrogen) atoms. The minimum Gasteiger partial charge on any atom is -0.507 e. The minimum absolute atomic E-state index is 0.0134. The molecule has 9 nitrogen and oxygen atoms in total. The van der Waals surface area contributed by atoms with Crippen molar-refractivity contribution in [3.05, 3.63) is 98.6 Å². The number of hydrogen-bond donors (Lipinski definition) is 1. The van der Waals surface area contributed by atoms with Crippen molar-refractivity contribution in [2.45, 2.75) is 32.4 Å². The minimum atomic E-state index is -1.11. The maximum atomic E-state index is 13.5. The normalized spacial score (nSPS) is 20.1. The van der Waals surface area contributed by atoms with Crippen LogP contribution in [0.2, 0.25) is 0 Å². The predicted molar refractivity (Wildman–Crippen MR) is 142 cm³/mol. The quantitative estimate of drug-likeness (QED) is 0.123. The molecule has 1 N–H and O–H groups in total. The molecular weight excluding hydrogens is 506 g/mol. The van der Waals surface area contributed by atoms with Crippen LogP contribution in [0.4, 0.5) is 10.8 Å². The van der Waals surface area contributed by atoms with Crippen LogP contribution in [-0.4, -0.2) is 32.8 Å². The fourth-order valence-electron chi connectivity index (χ4n) is 5.00. The van der Waals surface area contributed by atoms with Gasteiger partial charge >= 0.3 is 5.91 Å². The zero-order valence-electron chi connectivity index (χ0n) is 20.4. The molecule has 1 fully saturated rings. The lowest BCUT2D eigenvalue weighted by Crippen LogP contribution is -2.29. The number of benzene rings is 3. The van der Waals surface area contributed by atoms with Gasteiger partial charge in [-0.25, -0.2) is 4.98 Å². The number of anilines is 1. The Kier molecular flexibility index (Phi) is 5.50. The van der Waals surface area contributed by atoms with E-state index in [0.717, 1.165) is 15.8 Å². The van der Waals surface area contributed by atoms with E-state index in [2.05, 4.69) is 4.98 Å². The van der Waals surface area contributed by atoms with Crippen molar-refractivity contribution < 1.29 is 24.4 Å². The van der Waals surface area contributed by atoms with E-state index in [1.807, 2.05) is 32.0 Å². The van der Waals surface area contributed by atoms with Crippen LogP contribution < -0.4 is 9.64 Å². The number of amides is 1. The van der Waals surface area contributed by atoms with Crippen LogP contribution in [0.5, 0.6) is 5.75 Å². The molecule has 1 amide bonds. The lowest BCUT2D eigenvalue weighted by Gasteiger charge is -2.22. The van der Waals surface area contributed by atoms with E-state index in [1.54, 1.807) is 24.3 Å². The third-order valence-corrected chi connectivity index (χ3v) is 7.77. The van der Waals surface area contributed by atoms with Gasteiger partial charge < -0.3 is 9.84 Å². The number of rotatable bonds is 4. The Hall–Kier alpha value is -4.57. The number of hydrogen-bond acceptors (Lipinski definition) is 8. The molecule has 0 saturated carbocycles. The van der Waals surface area contributed by atoms with Crippen LogP contribution in [0.3, 0.4) is 0 Å². The number of carbonyl (C=O) groups is 2. The van der Waals surface area contributed by atoms with Crippen LogP contribution in [-0.2, 0) is 16.0 Å². The number of non-ortho nitro benzene ring substituents is 1. The molecule has 0 aliphatic carbocycles. The summed E-state index contributed by atoms with van der Waals surface area (Å²) in [7, 11) is 0. The highest BCUT2D eigenvalue weighted by molar-refractivity contribution is 7.22. The number of fused-ring (bicyclic) bond motifs is 2. The zero-order chi connectivity index (χ0) is 26.7. The van der Waals surface area contributed by atoms with Crippen molar-refractivity contribution in [2.75, 3.05) is 4.90 Å². The molecule has 0 spiro atoms. The van der Waals surface area contributed by atoms with Gasteiger partial charge in [0, 0.05) is 24.1 Å². The summed E-state index contributed by atoms with van der Waals surface area (Å²) < 4.78 is 6.57. The van der Waals surface area contributed by atoms with Gasteiger partial charge in [0.05, 0.1) is 26.8 Å². The Balaban J connectivity index is 1.56. The second-order valence-corrected chi connectivity index (χ2v) is 10.5. The highest BCUT2D eigenvalue weighted by atomic mass is 32.1. The second-order valence-electron chi connectivity index (χ2n) is 9.44.